The minimum Gasteiger partial charge on any atom is -0.475 e. The molecule has 0 saturated carbocycles. The number of carbonyl (C=O) groups excluding carboxylic acids is 1. The van der Waals surface area contributed by atoms with Gasteiger partial charge in [-0.3, -0.25) is 14.9 Å². The molecule has 31 heavy (non-hydrogen) atoms. The summed E-state index contributed by atoms with van der Waals surface area (Å²) in [4.78, 5) is 27.6. The highest BCUT2D eigenvalue weighted by Gasteiger charge is 2.38. The zero-order chi connectivity index (χ0) is 22.4. The van der Waals surface area contributed by atoms with Gasteiger partial charge >= 0.3 is 12.1 Å². The average Bonchev–Trinajstić information content (AvgIpc) is 3.49. The lowest BCUT2D eigenvalue weighted by Gasteiger charge is -2.17. The number of hydrogen-bond acceptors (Lipinski definition) is 6. The Morgan fingerprint density at radius 1 is 1.26 bits per heavy atom. The van der Waals surface area contributed by atoms with Crippen molar-refractivity contribution in [1.29, 1.82) is 0 Å². The molecular weight excluding hydrogens is 435 g/mol. The number of nitrogens with zero attached hydrogens (tertiary/aromatic N) is 3. The van der Waals surface area contributed by atoms with E-state index in [2.05, 4.69) is 25.4 Å². The summed E-state index contributed by atoms with van der Waals surface area (Å²) in [7, 11) is 0. The van der Waals surface area contributed by atoms with Crippen molar-refractivity contribution in [2.24, 2.45) is 5.92 Å². The number of carboxylic acid groups (broad SMARTS) is 1. The van der Waals surface area contributed by atoms with Gasteiger partial charge in [-0.25, -0.2) is 4.79 Å². The summed E-state index contributed by atoms with van der Waals surface area (Å²) >= 11 is 1.63. The van der Waals surface area contributed by atoms with E-state index in [0.717, 1.165) is 36.5 Å². The Bertz CT molecular complexity index is 1010. The maximum Gasteiger partial charge on any atom is 0.490 e. The second-order valence-electron chi connectivity index (χ2n) is 6.61. The topological polar surface area (TPSA) is 111 Å². The van der Waals surface area contributed by atoms with Crippen LogP contribution in [0.4, 0.5) is 24.7 Å². The molecule has 12 heteroatoms. The number of pyridine rings is 1. The number of carbonyl (C=O) groups is 2. The predicted octanol–water partition coefficient (Wildman–Crippen LogP) is 3.63. The molecule has 4 rings (SSSR count). The molecule has 1 saturated heterocycles. The van der Waals surface area contributed by atoms with Crippen molar-refractivity contribution in [2.45, 2.75) is 12.6 Å². The number of nitrogens with one attached hydrogen (secondary N) is 2. The number of hydrogen-bond donors (Lipinski definition) is 3. The van der Waals surface area contributed by atoms with Crippen LogP contribution in [0.2, 0.25) is 0 Å². The minimum absolute atomic E-state index is 0.0231. The minimum atomic E-state index is -5.08. The van der Waals surface area contributed by atoms with Gasteiger partial charge in [-0.2, -0.15) is 29.6 Å². The first-order valence-electron chi connectivity index (χ1n) is 9.08. The third kappa shape index (κ3) is 6.04. The van der Waals surface area contributed by atoms with E-state index in [1.807, 2.05) is 35.0 Å². The fourth-order valence-corrected chi connectivity index (χ4v) is 3.60. The highest BCUT2D eigenvalue weighted by atomic mass is 32.1. The van der Waals surface area contributed by atoms with Crippen molar-refractivity contribution in [2.75, 3.05) is 23.3 Å². The van der Waals surface area contributed by atoms with Gasteiger partial charge in [0.1, 0.15) is 0 Å². The highest BCUT2D eigenvalue weighted by molar-refractivity contribution is 7.08. The van der Waals surface area contributed by atoms with E-state index >= 15 is 0 Å². The molecule has 0 aromatic carbocycles. The van der Waals surface area contributed by atoms with E-state index in [4.69, 9.17) is 9.90 Å². The van der Waals surface area contributed by atoms with Gasteiger partial charge < -0.3 is 15.3 Å². The van der Waals surface area contributed by atoms with Crippen molar-refractivity contribution in [3.63, 3.8) is 0 Å². The zero-order valence-electron chi connectivity index (χ0n) is 16.0. The van der Waals surface area contributed by atoms with Gasteiger partial charge in [-0.15, -0.1) is 0 Å². The van der Waals surface area contributed by atoms with Gasteiger partial charge in [0.15, 0.2) is 5.82 Å². The Morgan fingerprint density at radius 2 is 1.97 bits per heavy atom. The van der Waals surface area contributed by atoms with Gasteiger partial charge in [-0.05, 0) is 30.0 Å². The van der Waals surface area contributed by atoms with Crippen molar-refractivity contribution < 1.29 is 27.9 Å². The summed E-state index contributed by atoms with van der Waals surface area (Å²) in [6.07, 6.45) is -0.688. The van der Waals surface area contributed by atoms with E-state index in [-0.39, 0.29) is 11.8 Å². The van der Waals surface area contributed by atoms with Crippen molar-refractivity contribution in [3.05, 3.63) is 47.4 Å². The van der Waals surface area contributed by atoms with Crippen LogP contribution in [0.15, 0.2) is 47.4 Å². The normalized spacial score (nSPS) is 15.8. The van der Waals surface area contributed by atoms with E-state index in [1.165, 1.54) is 0 Å². The van der Waals surface area contributed by atoms with Crippen LogP contribution in [0.1, 0.15) is 6.42 Å². The van der Waals surface area contributed by atoms with Gasteiger partial charge in [0.05, 0.1) is 11.6 Å². The number of H-pyrrole nitrogens is 1. The smallest absolute Gasteiger partial charge is 0.475 e. The lowest BCUT2D eigenvalue weighted by Crippen LogP contribution is -2.27. The van der Waals surface area contributed by atoms with Crippen LogP contribution in [0.3, 0.4) is 0 Å². The molecule has 3 aromatic heterocycles. The van der Waals surface area contributed by atoms with Crippen molar-refractivity contribution in [1.82, 2.24) is 15.2 Å². The first kappa shape index (κ1) is 22.3. The lowest BCUT2D eigenvalue weighted by atomic mass is 10.1. The number of halogens is 3. The molecule has 1 fully saturated rings. The van der Waals surface area contributed by atoms with Crippen LogP contribution < -0.4 is 10.2 Å². The quantitative estimate of drug-likeness (QED) is 0.556. The standard InChI is InChI=1S/C17H17N5OS.C2HF3O2/c23-17(12-3-7-22(10-12)14-1-5-18-6-2-14)19-16-9-15(20-21-16)13-4-8-24-11-13;3-2(4,5)1(6)7/h1-2,4-6,8-9,11-12H,3,7,10H2,(H2,19,20,21,23);(H,6,7). The van der Waals surface area contributed by atoms with Gasteiger partial charge in [0.25, 0.3) is 0 Å². The molecule has 3 N–H and O–H groups in total. The Kier molecular flexibility index (Phi) is 6.90. The van der Waals surface area contributed by atoms with Gasteiger partial charge in [0.2, 0.25) is 5.91 Å². The molecule has 1 aliphatic heterocycles. The third-order valence-corrected chi connectivity index (χ3v) is 5.17. The maximum atomic E-state index is 12.5. The molecule has 1 atom stereocenters. The summed E-state index contributed by atoms with van der Waals surface area (Å²) in [6.45, 7) is 1.60. The Labute approximate surface area is 178 Å². The molecule has 0 bridgehead atoms. The number of thiophene rings is 1. The molecule has 1 amide bonds. The van der Waals surface area contributed by atoms with Crippen LogP contribution in [0.5, 0.6) is 0 Å². The van der Waals surface area contributed by atoms with E-state index in [0.29, 0.717) is 5.82 Å². The molecule has 1 unspecified atom stereocenters. The molecule has 0 spiro atoms. The van der Waals surface area contributed by atoms with Crippen LogP contribution in [-0.4, -0.2) is 51.4 Å². The average molecular weight is 453 g/mol. The predicted molar refractivity (Wildman–Crippen MR) is 109 cm³/mol. The Balaban J connectivity index is 0.000000339. The number of amides is 1. The van der Waals surface area contributed by atoms with Crippen LogP contribution >= 0.6 is 11.3 Å². The van der Waals surface area contributed by atoms with E-state index in [1.54, 1.807) is 23.7 Å². The van der Waals surface area contributed by atoms with Crippen LogP contribution in [-0.2, 0) is 9.59 Å². The Morgan fingerprint density at radius 3 is 2.58 bits per heavy atom. The largest absolute Gasteiger partial charge is 0.490 e. The van der Waals surface area contributed by atoms with E-state index < -0.39 is 12.1 Å². The summed E-state index contributed by atoms with van der Waals surface area (Å²) in [6, 6.07) is 7.84. The summed E-state index contributed by atoms with van der Waals surface area (Å²) in [5.41, 5.74) is 3.11. The lowest BCUT2D eigenvalue weighted by molar-refractivity contribution is -0.192. The number of carboxylic acids is 1. The number of aromatic nitrogens is 3. The second kappa shape index (κ2) is 9.60. The zero-order valence-corrected chi connectivity index (χ0v) is 16.8. The summed E-state index contributed by atoms with van der Waals surface area (Å²) < 4.78 is 31.7. The second-order valence-corrected chi connectivity index (χ2v) is 7.39. The fraction of sp³-hybridized carbons (Fsp3) is 0.263. The van der Waals surface area contributed by atoms with Crippen molar-refractivity contribution in [3.8, 4) is 11.3 Å². The molecule has 0 aliphatic carbocycles. The van der Waals surface area contributed by atoms with Gasteiger partial charge in [-0.1, -0.05) is 0 Å². The monoisotopic (exact) mass is 453 g/mol. The number of rotatable bonds is 4. The van der Waals surface area contributed by atoms with E-state index in [9.17, 15) is 18.0 Å². The fourth-order valence-electron chi connectivity index (χ4n) is 2.94. The first-order valence-corrected chi connectivity index (χ1v) is 10.0. The molecular formula is C19H18F3N5O3S. The van der Waals surface area contributed by atoms with Crippen LogP contribution in [0, 0.1) is 5.92 Å². The number of alkyl halides is 3. The molecule has 0 radical (unpaired) electrons. The number of anilines is 2. The number of aliphatic carboxylic acids is 1. The molecule has 1 aliphatic rings. The van der Waals surface area contributed by atoms with Crippen LogP contribution in [0.25, 0.3) is 11.3 Å². The first-order chi connectivity index (χ1) is 14.7. The molecule has 4 heterocycles. The summed E-state index contributed by atoms with van der Waals surface area (Å²) in [5.74, 6) is -2.19. The Hall–Kier alpha value is -3.41. The third-order valence-electron chi connectivity index (χ3n) is 4.49. The number of aromatic amines is 1. The molecule has 164 valence electrons. The van der Waals surface area contributed by atoms with Crippen molar-refractivity contribution >= 4 is 34.7 Å². The maximum absolute atomic E-state index is 12.5. The molecule has 3 aromatic rings. The summed E-state index contributed by atoms with van der Waals surface area (Å²) in [5, 5.41) is 21.3. The van der Waals surface area contributed by atoms with Gasteiger partial charge in [0, 0.05) is 48.2 Å². The SMILES string of the molecule is O=C(Nc1cc(-c2ccsc2)[nH]n1)C1CCN(c2ccncc2)C1.O=C(O)C(F)(F)F. The highest BCUT2D eigenvalue weighted by Crippen LogP contribution is 2.25. The molecule has 8 nitrogen and oxygen atoms in total.